The summed E-state index contributed by atoms with van der Waals surface area (Å²) in [4.78, 5) is 4.09. The number of hydrogen-bond donors (Lipinski definition) is 1. The standard InChI is InChI=1S/C13H14FN3O2/c14-9-3-4-11(18-7-8-1-2-8)10(5-9)13-16-12(6-15)19-17-13/h3-5,8H,1-2,6-7,15H2. The van der Waals surface area contributed by atoms with Gasteiger partial charge in [0.1, 0.15) is 11.6 Å². The molecule has 0 bridgehead atoms. The number of nitrogens with two attached hydrogens (primary N) is 1. The fourth-order valence-electron chi connectivity index (χ4n) is 1.74. The van der Waals surface area contributed by atoms with Crippen LogP contribution in [0.25, 0.3) is 11.4 Å². The van der Waals surface area contributed by atoms with Crippen LogP contribution in [0.2, 0.25) is 0 Å². The maximum atomic E-state index is 13.4. The van der Waals surface area contributed by atoms with Gasteiger partial charge in [-0.2, -0.15) is 4.98 Å². The second-order valence-electron chi connectivity index (χ2n) is 4.61. The highest BCUT2D eigenvalue weighted by Gasteiger charge is 2.23. The summed E-state index contributed by atoms with van der Waals surface area (Å²) in [6.45, 7) is 0.792. The molecule has 2 aromatic rings. The van der Waals surface area contributed by atoms with Gasteiger partial charge in [0, 0.05) is 0 Å². The lowest BCUT2D eigenvalue weighted by Gasteiger charge is -2.08. The van der Waals surface area contributed by atoms with E-state index < -0.39 is 0 Å². The van der Waals surface area contributed by atoms with E-state index in [4.69, 9.17) is 15.0 Å². The minimum atomic E-state index is -0.368. The summed E-state index contributed by atoms with van der Waals surface area (Å²) in [5.74, 6) is 1.42. The molecule has 1 saturated carbocycles. The molecular formula is C13H14FN3O2. The number of hydrogen-bond acceptors (Lipinski definition) is 5. The first-order valence-corrected chi connectivity index (χ1v) is 6.21. The zero-order valence-electron chi connectivity index (χ0n) is 10.3. The van der Waals surface area contributed by atoms with E-state index >= 15 is 0 Å². The summed E-state index contributed by atoms with van der Waals surface area (Å²) >= 11 is 0. The summed E-state index contributed by atoms with van der Waals surface area (Å²) in [5, 5.41) is 3.79. The van der Waals surface area contributed by atoms with Crippen molar-refractivity contribution in [1.29, 1.82) is 0 Å². The summed E-state index contributed by atoms with van der Waals surface area (Å²) in [7, 11) is 0. The van der Waals surface area contributed by atoms with Crippen LogP contribution in [0.15, 0.2) is 22.7 Å². The van der Waals surface area contributed by atoms with Gasteiger partial charge in [0.25, 0.3) is 0 Å². The Bertz CT molecular complexity index is 581. The van der Waals surface area contributed by atoms with Gasteiger partial charge in [-0.05, 0) is 37.0 Å². The molecule has 100 valence electrons. The van der Waals surface area contributed by atoms with Crippen molar-refractivity contribution in [2.75, 3.05) is 6.61 Å². The molecule has 0 spiro atoms. The lowest BCUT2D eigenvalue weighted by molar-refractivity contribution is 0.300. The summed E-state index contributed by atoms with van der Waals surface area (Å²) < 4.78 is 24.0. The van der Waals surface area contributed by atoms with Crippen LogP contribution < -0.4 is 10.5 Å². The van der Waals surface area contributed by atoms with Gasteiger partial charge in [-0.3, -0.25) is 0 Å². The zero-order valence-corrected chi connectivity index (χ0v) is 10.3. The minimum absolute atomic E-state index is 0.153. The topological polar surface area (TPSA) is 74.2 Å². The second kappa shape index (κ2) is 4.97. The minimum Gasteiger partial charge on any atom is -0.493 e. The quantitative estimate of drug-likeness (QED) is 0.894. The lowest BCUT2D eigenvalue weighted by atomic mass is 10.2. The maximum Gasteiger partial charge on any atom is 0.240 e. The van der Waals surface area contributed by atoms with Crippen LogP contribution in [0.5, 0.6) is 5.75 Å². The van der Waals surface area contributed by atoms with Gasteiger partial charge in [0.15, 0.2) is 0 Å². The Kier molecular flexibility index (Phi) is 3.16. The van der Waals surface area contributed by atoms with Gasteiger partial charge in [-0.25, -0.2) is 4.39 Å². The normalized spacial score (nSPS) is 14.6. The van der Waals surface area contributed by atoms with Crippen LogP contribution in [0.4, 0.5) is 4.39 Å². The third-order valence-electron chi connectivity index (χ3n) is 3.00. The van der Waals surface area contributed by atoms with Crippen molar-refractivity contribution in [3.05, 3.63) is 29.9 Å². The number of ether oxygens (including phenoxy) is 1. The van der Waals surface area contributed by atoms with Gasteiger partial charge in [-0.1, -0.05) is 5.16 Å². The molecule has 0 aliphatic heterocycles. The molecule has 0 unspecified atom stereocenters. The molecular weight excluding hydrogens is 249 g/mol. The van der Waals surface area contributed by atoms with Crippen molar-refractivity contribution in [2.24, 2.45) is 11.7 Å². The molecule has 5 nitrogen and oxygen atoms in total. The molecule has 2 N–H and O–H groups in total. The summed E-state index contributed by atoms with van der Waals surface area (Å²) in [5.41, 5.74) is 5.90. The molecule has 3 rings (SSSR count). The number of aromatic nitrogens is 2. The molecule has 1 aliphatic carbocycles. The third kappa shape index (κ3) is 2.73. The highest BCUT2D eigenvalue weighted by atomic mass is 19.1. The molecule has 0 radical (unpaired) electrons. The van der Waals surface area contributed by atoms with E-state index in [1.54, 1.807) is 6.07 Å². The van der Waals surface area contributed by atoms with Crippen LogP contribution in [-0.2, 0) is 6.54 Å². The number of rotatable bonds is 5. The van der Waals surface area contributed by atoms with Gasteiger partial charge in [0.05, 0.1) is 18.7 Å². The van der Waals surface area contributed by atoms with Gasteiger partial charge < -0.3 is 15.0 Å². The predicted molar refractivity (Wildman–Crippen MR) is 65.8 cm³/mol. The zero-order chi connectivity index (χ0) is 13.2. The van der Waals surface area contributed by atoms with Gasteiger partial charge >= 0.3 is 0 Å². The Morgan fingerprint density at radius 2 is 2.26 bits per heavy atom. The van der Waals surface area contributed by atoms with Gasteiger partial charge in [-0.15, -0.1) is 0 Å². The molecule has 0 amide bonds. The average molecular weight is 263 g/mol. The maximum absolute atomic E-state index is 13.4. The molecule has 1 aliphatic rings. The Hall–Kier alpha value is -1.95. The molecule has 0 saturated heterocycles. The molecule has 0 atom stereocenters. The smallest absolute Gasteiger partial charge is 0.240 e. The highest BCUT2D eigenvalue weighted by molar-refractivity contribution is 5.63. The fraction of sp³-hybridized carbons (Fsp3) is 0.385. The van der Waals surface area contributed by atoms with E-state index in [1.807, 2.05) is 0 Å². The third-order valence-corrected chi connectivity index (χ3v) is 3.00. The van der Waals surface area contributed by atoms with Crippen molar-refractivity contribution in [3.63, 3.8) is 0 Å². The number of halogens is 1. The van der Waals surface area contributed by atoms with Crippen LogP contribution in [-0.4, -0.2) is 16.7 Å². The predicted octanol–water partition coefficient (Wildman–Crippen LogP) is 2.12. The molecule has 1 aromatic carbocycles. The van der Waals surface area contributed by atoms with E-state index in [1.165, 1.54) is 25.0 Å². The van der Waals surface area contributed by atoms with E-state index in [-0.39, 0.29) is 12.4 Å². The first kappa shape index (κ1) is 12.1. The SMILES string of the molecule is NCc1nc(-c2cc(F)ccc2OCC2CC2)no1. The van der Waals surface area contributed by atoms with E-state index in [9.17, 15) is 4.39 Å². The summed E-state index contributed by atoms with van der Waals surface area (Å²) in [6.07, 6.45) is 2.38. The highest BCUT2D eigenvalue weighted by Crippen LogP contribution is 2.33. The van der Waals surface area contributed by atoms with Crippen molar-refractivity contribution < 1.29 is 13.7 Å². The Balaban J connectivity index is 1.89. The molecule has 1 heterocycles. The Morgan fingerprint density at radius 1 is 1.42 bits per heavy atom. The first-order valence-electron chi connectivity index (χ1n) is 6.21. The van der Waals surface area contributed by atoms with E-state index in [0.29, 0.717) is 35.6 Å². The Morgan fingerprint density at radius 3 is 2.95 bits per heavy atom. The lowest BCUT2D eigenvalue weighted by Crippen LogP contribution is -2.01. The first-order chi connectivity index (χ1) is 9.26. The molecule has 19 heavy (non-hydrogen) atoms. The van der Waals surface area contributed by atoms with E-state index in [0.717, 1.165) is 0 Å². The summed E-state index contributed by atoms with van der Waals surface area (Å²) in [6, 6.07) is 4.29. The van der Waals surface area contributed by atoms with Gasteiger partial charge in [0.2, 0.25) is 11.7 Å². The van der Waals surface area contributed by atoms with Crippen molar-refractivity contribution in [2.45, 2.75) is 19.4 Å². The van der Waals surface area contributed by atoms with Crippen molar-refractivity contribution >= 4 is 0 Å². The second-order valence-corrected chi connectivity index (χ2v) is 4.61. The van der Waals surface area contributed by atoms with Crippen LogP contribution >= 0.6 is 0 Å². The molecule has 1 aromatic heterocycles. The van der Waals surface area contributed by atoms with Crippen LogP contribution in [0, 0.1) is 11.7 Å². The van der Waals surface area contributed by atoms with Crippen molar-refractivity contribution in [1.82, 2.24) is 10.1 Å². The van der Waals surface area contributed by atoms with Crippen LogP contribution in [0.3, 0.4) is 0 Å². The number of benzene rings is 1. The van der Waals surface area contributed by atoms with Crippen molar-refractivity contribution in [3.8, 4) is 17.1 Å². The largest absolute Gasteiger partial charge is 0.493 e. The number of nitrogens with zero attached hydrogens (tertiary/aromatic N) is 2. The Labute approximate surface area is 109 Å². The van der Waals surface area contributed by atoms with E-state index in [2.05, 4.69) is 10.1 Å². The average Bonchev–Trinajstić information content (AvgIpc) is 3.13. The monoisotopic (exact) mass is 263 g/mol. The molecule has 1 fully saturated rings. The molecule has 6 heteroatoms. The van der Waals surface area contributed by atoms with Crippen LogP contribution in [0.1, 0.15) is 18.7 Å². The fourth-order valence-corrected chi connectivity index (χ4v) is 1.74.